The Bertz CT molecular complexity index is 1960. The molecule has 0 unspecified atom stereocenters. The van der Waals surface area contributed by atoms with Gasteiger partial charge in [0.1, 0.15) is 12.6 Å². The van der Waals surface area contributed by atoms with Crippen molar-refractivity contribution >= 4 is 24.0 Å². The summed E-state index contributed by atoms with van der Waals surface area (Å²) >= 11 is 0. The molecule has 1 aliphatic rings. The summed E-state index contributed by atoms with van der Waals surface area (Å²) in [5, 5.41) is 22.3. The highest BCUT2D eigenvalue weighted by atomic mass is 16.5. The van der Waals surface area contributed by atoms with Crippen LogP contribution in [0.5, 0.6) is 0 Å². The average Bonchev–Trinajstić information content (AvgIpc) is 3.21. The third kappa shape index (κ3) is 11.9. The van der Waals surface area contributed by atoms with Crippen molar-refractivity contribution in [1.29, 1.82) is 0 Å². The molecule has 1 saturated carbocycles. The largest absolute Gasteiger partial charge is 0.453 e. The molecule has 0 bridgehead atoms. The Morgan fingerprint density at radius 1 is 0.845 bits per heavy atom. The van der Waals surface area contributed by atoms with Crippen molar-refractivity contribution < 1.29 is 33.8 Å². The van der Waals surface area contributed by atoms with Crippen molar-refractivity contribution in [1.82, 2.24) is 31.4 Å². The van der Waals surface area contributed by atoms with Crippen LogP contribution in [0.3, 0.4) is 0 Å². The van der Waals surface area contributed by atoms with Crippen LogP contribution in [-0.2, 0) is 38.6 Å². The number of methoxy groups -OCH3 is 1. The zero-order chi connectivity index (χ0) is 41.9. The Morgan fingerprint density at radius 2 is 1.48 bits per heavy atom. The highest BCUT2D eigenvalue weighted by molar-refractivity contribution is 5.86. The quantitative estimate of drug-likeness (QED) is 0.0883. The summed E-state index contributed by atoms with van der Waals surface area (Å²) in [7, 11) is 1.23. The van der Waals surface area contributed by atoms with E-state index in [0.717, 1.165) is 27.9 Å². The van der Waals surface area contributed by atoms with E-state index >= 15 is 0 Å². The number of pyridine rings is 1. The molecular weight excluding hydrogens is 737 g/mol. The summed E-state index contributed by atoms with van der Waals surface area (Å²) < 4.78 is 10.2. The first-order valence-electron chi connectivity index (χ1n) is 19.5. The summed E-state index contributed by atoms with van der Waals surface area (Å²) in [6, 6.07) is 30.3. The molecule has 0 spiro atoms. The number of alkyl carbamates (subject to hydrolysis) is 2. The van der Waals surface area contributed by atoms with E-state index in [4.69, 9.17) is 9.47 Å². The number of benzene rings is 3. The van der Waals surface area contributed by atoms with Crippen molar-refractivity contribution in [3.8, 4) is 11.3 Å². The van der Waals surface area contributed by atoms with Crippen molar-refractivity contribution in [2.24, 2.45) is 16.7 Å². The molecule has 0 radical (unpaired) electrons. The van der Waals surface area contributed by atoms with E-state index in [1.165, 1.54) is 7.11 Å². The van der Waals surface area contributed by atoms with Gasteiger partial charge in [-0.2, -0.15) is 0 Å². The smallest absolute Gasteiger partial charge is 0.407 e. The fraction of sp³-hybridized carbons (Fsp3) is 0.400. The molecule has 4 aromatic rings. The third-order valence-corrected chi connectivity index (χ3v) is 10.7. The number of hydrogen-bond acceptors (Lipinski definition) is 9. The van der Waals surface area contributed by atoms with Gasteiger partial charge in [0.2, 0.25) is 5.91 Å². The number of nitrogens with one attached hydrogen (secondary N) is 4. The maximum Gasteiger partial charge on any atom is 0.407 e. The lowest BCUT2D eigenvalue weighted by atomic mass is 9.58. The number of hydrogen-bond donors (Lipinski definition) is 5. The predicted molar refractivity (Wildman–Crippen MR) is 221 cm³/mol. The maximum absolute atomic E-state index is 14.0. The van der Waals surface area contributed by atoms with Crippen LogP contribution < -0.4 is 21.4 Å². The zero-order valence-electron chi connectivity index (χ0n) is 34.1. The summed E-state index contributed by atoms with van der Waals surface area (Å²) in [5.41, 5.74) is 5.98. The van der Waals surface area contributed by atoms with Gasteiger partial charge in [-0.05, 0) is 52.5 Å². The highest BCUT2D eigenvalue weighted by Gasteiger charge is 2.53. The minimum atomic E-state index is -1.16. The van der Waals surface area contributed by atoms with Crippen molar-refractivity contribution in [3.63, 3.8) is 0 Å². The van der Waals surface area contributed by atoms with Gasteiger partial charge in [-0.1, -0.05) is 126 Å². The fourth-order valence-electron chi connectivity index (χ4n) is 7.07. The SMILES string of the molecule is COC(=O)N[C@H](C(=O)NN(Cc1ccc(-c2ccccn2)cc1)C[C@H](O)[C@H](Cc1ccccc1)NC(=O)[C@@H]1C[C@H](NC(=O)OCc2ccccc2)C1(C)C)C(C)(C)C. The van der Waals surface area contributed by atoms with Crippen LogP contribution in [0.4, 0.5) is 9.59 Å². The molecule has 0 saturated heterocycles. The number of aromatic nitrogens is 1. The molecular formula is C45H56N6O7. The number of ether oxygens (including phenoxy) is 2. The standard InChI is InChI=1S/C45H56N6O7/c1-44(2,3)39(49-42(55)57-6)41(54)50-51(27-31-20-22-33(23-21-31)35-19-13-14-24-46-35)28-37(52)36(25-30-15-9-7-10-16-30)47-40(53)34-26-38(45(34,4)5)48-43(56)58-29-32-17-11-8-12-18-32/h7-24,34,36-39,52H,25-29H2,1-6H3,(H,47,53)(H,48,56)(H,49,55)(H,50,54)/t34-,36-,37-,38-,39+/m0/s1. The summed E-state index contributed by atoms with van der Waals surface area (Å²) in [4.78, 5) is 57.3. The summed E-state index contributed by atoms with van der Waals surface area (Å²) in [5.74, 6) is -1.21. The van der Waals surface area contributed by atoms with Crippen LogP contribution in [0, 0.1) is 16.7 Å². The number of carbonyl (C=O) groups excluding carboxylic acids is 4. The molecule has 13 nitrogen and oxygen atoms in total. The minimum Gasteiger partial charge on any atom is -0.453 e. The van der Waals surface area contributed by atoms with E-state index in [1.807, 2.05) is 138 Å². The molecule has 1 aliphatic carbocycles. The van der Waals surface area contributed by atoms with Gasteiger partial charge in [-0.3, -0.25) is 20.0 Å². The number of rotatable bonds is 16. The molecule has 308 valence electrons. The summed E-state index contributed by atoms with van der Waals surface area (Å²) in [6.07, 6.45) is -0.0371. The molecule has 13 heteroatoms. The first-order valence-corrected chi connectivity index (χ1v) is 19.5. The monoisotopic (exact) mass is 792 g/mol. The average molecular weight is 793 g/mol. The zero-order valence-corrected chi connectivity index (χ0v) is 34.1. The molecule has 58 heavy (non-hydrogen) atoms. The normalized spacial score (nSPS) is 17.4. The van der Waals surface area contributed by atoms with E-state index in [9.17, 15) is 24.3 Å². The van der Waals surface area contributed by atoms with Crippen LogP contribution in [0.25, 0.3) is 11.3 Å². The van der Waals surface area contributed by atoms with Crippen LogP contribution >= 0.6 is 0 Å². The Hall–Kier alpha value is -5.79. The second-order valence-electron chi connectivity index (χ2n) is 16.4. The molecule has 5 atom stereocenters. The van der Waals surface area contributed by atoms with E-state index in [0.29, 0.717) is 12.8 Å². The first kappa shape index (κ1) is 43.3. The van der Waals surface area contributed by atoms with Gasteiger partial charge in [-0.25, -0.2) is 14.6 Å². The number of carbonyl (C=O) groups is 4. The van der Waals surface area contributed by atoms with Gasteiger partial charge < -0.3 is 30.5 Å². The molecule has 5 N–H and O–H groups in total. The summed E-state index contributed by atoms with van der Waals surface area (Å²) in [6.45, 7) is 9.57. The number of aliphatic hydroxyl groups is 1. The molecule has 5 rings (SSSR count). The van der Waals surface area contributed by atoms with Crippen molar-refractivity contribution in [2.45, 2.75) is 84.8 Å². The number of amides is 4. The second kappa shape index (κ2) is 19.6. The maximum atomic E-state index is 14.0. The number of nitrogens with zero attached hydrogens (tertiary/aromatic N) is 2. The third-order valence-electron chi connectivity index (χ3n) is 10.7. The molecule has 1 heterocycles. The van der Waals surface area contributed by atoms with E-state index < -0.39 is 53.0 Å². The first-order chi connectivity index (χ1) is 27.6. The Balaban J connectivity index is 1.32. The second-order valence-corrected chi connectivity index (χ2v) is 16.4. The van der Waals surface area contributed by atoms with Gasteiger partial charge in [0.15, 0.2) is 0 Å². The predicted octanol–water partition coefficient (Wildman–Crippen LogP) is 5.78. The molecule has 0 aliphatic heterocycles. The van der Waals surface area contributed by atoms with E-state index in [2.05, 4.69) is 26.4 Å². The van der Waals surface area contributed by atoms with E-state index in [-0.39, 0.29) is 31.6 Å². The number of aliphatic hydroxyl groups excluding tert-OH is 1. The van der Waals surface area contributed by atoms with Crippen molar-refractivity contribution in [2.75, 3.05) is 13.7 Å². The lowest BCUT2D eigenvalue weighted by Gasteiger charge is -2.51. The van der Waals surface area contributed by atoms with Gasteiger partial charge in [0, 0.05) is 36.8 Å². The lowest BCUT2D eigenvalue weighted by Crippen LogP contribution is -2.64. The fourth-order valence-corrected chi connectivity index (χ4v) is 7.07. The number of hydrazine groups is 1. The Kier molecular flexibility index (Phi) is 14.6. The van der Waals surface area contributed by atoms with Gasteiger partial charge in [0.05, 0.1) is 24.9 Å². The highest BCUT2D eigenvalue weighted by Crippen LogP contribution is 2.46. The molecule has 1 fully saturated rings. The van der Waals surface area contributed by atoms with Crippen LogP contribution in [0.15, 0.2) is 109 Å². The van der Waals surface area contributed by atoms with Crippen molar-refractivity contribution in [3.05, 3.63) is 126 Å². The van der Waals surface area contributed by atoms with Gasteiger partial charge in [-0.15, -0.1) is 0 Å². The molecule has 1 aromatic heterocycles. The van der Waals surface area contributed by atoms with Crippen LogP contribution in [0.1, 0.15) is 57.7 Å². The Labute approximate surface area is 340 Å². The Morgan fingerprint density at radius 3 is 2.07 bits per heavy atom. The van der Waals surface area contributed by atoms with Crippen LogP contribution in [-0.4, -0.2) is 77.0 Å². The topological polar surface area (TPSA) is 171 Å². The minimum absolute atomic E-state index is 0.0773. The van der Waals surface area contributed by atoms with Gasteiger partial charge in [0.25, 0.3) is 5.91 Å². The van der Waals surface area contributed by atoms with E-state index in [1.54, 1.807) is 11.2 Å². The lowest BCUT2D eigenvalue weighted by molar-refractivity contribution is -0.139. The van der Waals surface area contributed by atoms with Gasteiger partial charge >= 0.3 is 12.2 Å². The van der Waals surface area contributed by atoms with Crippen LogP contribution in [0.2, 0.25) is 0 Å². The molecule has 4 amide bonds. The molecule has 3 aromatic carbocycles.